The zero-order valence-electron chi connectivity index (χ0n) is 10.0. The molecule has 0 radical (unpaired) electrons. The number of carbonyl (C=O) groups is 3. The van der Waals surface area contributed by atoms with Crippen LogP contribution in [-0.2, 0) is 14.4 Å². The molecule has 1 aliphatic carbocycles. The van der Waals surface area contributed by atoms with Crippen molar-refractivity contribution in [1.29, 1.82) is 0 Å². The van der Waals surface area contributed by atoms with Crippen LogP contribution < -0.4 is 0 Å². The predicted octanol–water partition coefficient (Wildman–Crippen LogP) is 0.587. The summed E-state index contributed by atoms with van der Waals surface area (Å²) in [6.45, 7) is 0.722. The van der Waals surface area contributed by atoms with E-state index in [0.717, 1.165) is 12.8 Å². The van der Waals surface area contributed by atoms with Gasteiger partial charge in [-0.15, -0.1) is 0 Å². The summed E-state index contributed by atoms with van der Waals surface area (Å²) >= 11 is 3.98. The molecule has 1 aliphatic heterocycles. The minimum absolute atomic E-state index is 0.137. The van der Waals surface area contributed by atoms with Crippen molar-refractivity contribution in [1.82, 2.24) is 4.90 Å². The van der Waals surface area contributed by atoms with Crippen LogP contribution >= 0.6 is 12.6 Å². The zero-order valence-corrected chi connectivity index (χ0v) is 10.9. The van der Waals surface area contributed by atoms with Gasteiger partial charge in [-0.05, 0) is 31.6 Å². The molecule has 100 valence electrons. The van der Waals surface area contributed by atoms with E-state index in [1.807, 2.05) is 0 Å². The molecule has 1 saturated carbocycles. The topological polar surface area (TPSA) is 74.7 Å². The van der Waals surface area contributed by atoms with E-state index in [-0.39, 0.29) is 24.2 Å². The van der Waals surface area contributed by atoms with Crippen LogP contribution in [0.3, 0.4) is 0 Å². The Kier molecular flexibility index (Phi) is 3.94. The van der Waals surface area contributed by atoms with Crippen molar-refractivity contribution in [3.63, 3.8) is 0 Å². The number of carboxylic acids is 1. The Morgan fingerprint density at radius 2 is 1.89 bits per heavy atom. The molecule has 1 amide bonds. The summed E-state index contributed by atoms with van der Waals surface area (Å²) in [6.07, 6.45) is 2.96. The summed E-state index contributed by atoms with van der Waals surface area (Å²) in [5, 5.41) is 8.11. The van der Waals surface area contributed by atoms with Crippen molar-refractivity contribution in [3.05, 3.63) is 0 Å². The Hall–Kier alpha value is -1.04. The van der Waals surface area contributed by atoms with Crippen LogP contribution in [0, 0.1) is 11.8 Å². The van der Waals surface area contributed by atoms with Crippen LogP contribution in [0.1, 0.15) is 25.7 Å². The first-order chi connectivity index (χ1) is 8.49. The van der Waals surface area contributed by atoms with Crippen LogP contribution in [0.25, 0.3) is 0 Å². The minimum Gasteiger partial charge on any atom is -0.481 e. The number of Topliss-reactive ketones (excluding diaryl/α,β-unsaturated/α-hetero) is 1. The highest BCUT2D eigenvalue weighted by atomic mass is 32.1. The molecule has 2 aliphatic rings. The molecule has 1 saturated heterocycles. The maximum absolute atomic E-state index is 11.7. The summed E-state index contributed by atoms with van der Waals surface area (Å²) in [5.41, 5.74) is 0. The van der Waals surface area contributed by atoms with Crippen LogP contribution in [-0.4, -0.2) is 46.0 Å². The molecule has 5 nitrogen and oxygen atoms in total. The number of carbonyl (C=O) groups excluding carboxylic acids is 2. The van der Waals surface area contributed by atoms with E-state index in [2.05, 4.69) is 12.6 Å². The molecule has 1 atom stereocenters. The molecule has 2 rings (SSSR count). The van der Waals surface area contributed by atoms with Crippen molar-refractivity contribution in [2.24, 2.45) is 11.8 Å². The van der Waals surface area contributed by atoms with Crippen LogP contribution in [0.2, 0.25) is 0 Å². The SMILES string of the molecule is O=C(O)C1CCC(CN2CC(=O)C(S)C2=O)CC1. The number of likely N-dealkylation sites (tertiary alicyclic amines) is 1. The summed E-state index contributed by atoms with van der Waals surface area (Å²) in [6, 6.07) is 0. The molecule has 0 bridgehead atoms. The third-order valence-corrected chi connectivity index (χ3v) is 4.38. The first-order valence-electron chi connectivity index (χ1n) is 6.21. The molecule has 0 aromatic rings. The molecule has 18 heavy (non-hydrogen) atoms. The Bertz CT molecular complexity index is 376. The smallest absolute Gasteiger partial charge is 0.306 e. The van der Waals surface area contributed by atoms with Crippen LogP contribution in [0.5, 0.6) is 0 Å². The van der Waals surface area contributed by atoms with Gasteiger partial charge in [0.25, 0.3) is 0 Å². The first kappa shape index (κ1) is 13.4. The second-order valence-electron chi connectivity index (χ2n) is 5.14. The number of amides is 1. The fourth-order valence-electron chi connectivity index (χ4n) is 2.72. The zero-order chi connectivity index (χ0) is 13.3. The van der Waals surface area contributed by atoms with Crippen LogP contribution in [0.15, 0.2) is 0 Å². The van der Waals surface area contributed by atoms with Gasteiger partial charge in [-0.1, -0.05) is 0 Å². The summed E-state index contributed by atoms with van der Waals surface area (Å²) in [5.74, 6) is -0.992. The van der Waals surface area contributed by atoms with Crippen molar-refractivity contribution >= 4 is 30.3 Å². The average molecular weight is 271 g/mol. The first-order valence-corrected chi connectivity index (χ1v) is 6.73. The van der Waals surface area contributed by atoms with E-state index in [0.29, 0.717) is 25.3 Å². The molecule has 0 aromatic heterocycles. The standard InChI is InChI=1S/C12H17NO4S/c14-9-6-13(11(15)10(9)18)5-7-1-3-8(4-2-7)12(16)17/h7-8,10,18H,1-6H2,(H,16,17). The Labute approximate surface area is 111 Å². The van der Waals surface area contributed by atoms with Crippen molar-refractivity contribution < 1.29 is 19.5 Å². The maximum atomic E-state index is 11.7. The Balaban J connectivity index is 1.84. The van der Waals surface area contributed by atoms with Gasteiger partial charge in [0, 0.05) is 6.54 Å². The molecular weight excluding hydrogens is 254 g/mol. The summed E-state index contributed by atoms with van der Waals surface area (Å²) < 4.78 is 0. The van der Waals surface area contributed by atoms with E-state index in [9.17, 15) is 14.4 Å². The summed E-state index contributed by atoms with van der Waals surface area (Å²) in [7, 11) is 0. The van der Waals surface area contributed by atoms with Crippen molar-refractivity contribution in [3.8, 4) is 0 Å². The normalized spacial score (nSPS) is 32.9. The Morgan fingerprint density at radius 1 is 1.28 bits per heavy atom. The lowest BCUT2D eigenvalue weighted by Gasteiger charge is -2.29. The van der Waals surface area contributed by atoms with E-state index >= 15 is 0 Å². The van der Waals surface area contributed by atoms with Gasteiger partial charge < -0.3 is 10.0 Å². The molecule has 2 fully saturated rings. The second-order valence-corrected chi connectivity index (χ2v) is 5.66. The molecule has 1 heterocycles. The van der Waals surface area contributed by atoms with Gasteiger partial charge in [-0.3, -0.25) is 14.4 Å². The summed E-state index contributed by atoms with van der Waals surface area (Å²) in [4.78, 5) is 35.4. The van der Waals surface area contributed by atoms with Crippen LogP contribution in [0.4, 0.5) is 0 Å². The third-order valence-electron chi connectivity index (χ3n) is 3.87. The van der Waals surface area contributed by atoms with Crippen molar-refractivity contribution in [2.45, 2.75) is 30.9 Å². The number of thiol groups is 1. The number of hydrogen-bond donors (Lipinski definition) is 2. The number of nitrogens with zero attached hydrogens (tertiary/aromatic N) is 1. The van der Waals surface area contributed by atoms with E-state index in [1.165, 1.54) is 0 Å². The lowest BCUT2D eigenvalue weighted by Crippen LogP contribution is -2.34. The number of ketones is 1. The number of rotatable bonds is 3. The lowest BCUT2D eigenvalue weighted by molar-refractivity contribution is -0.143. The van der Waals surface area contributed by atoms with Gasteiger partial charge in [-0.2, -0.15) is 12.6 Å². The Morgan fingerprint density at radius 3 is 2.33 bits per heavy atom. The van der Waals surface area contributed by atoms with Gasteiger partial charge in [0.1, 0.15) is 5.25 Å². The second kappa shape index (κ2) is 5.30. The quantitative estimate of drug-likeness (QED) is 0.582. The van der Waals surface area contributed by atoms with Gasteiger partial charge in [-0.25, -0.2) is 0 Å². The minimum atomic E-state index is -0.791. The van der Waals surface area contributed by atoms with E-state index in [1.54, 1.807) is 4.90 Å². The number of carboxylic acid groups (broad SMARTS) is 1. The monoisotopic (exact) mass is 271 g/mol. The molecular formula is C12H17NO4S. The fourth-order valence-corrected chi connectivity index (χ4v) is 2.97. The van der Waals surface area contributed by atoms with E-state index in [4.69, 9.17) is 5.11 Å². The average Bonchev–Trinajstić information content (AvgIpc) is 2.58. The lowest BCUT2D eigenvalue weighted by atomic mass is 9.82. The highest BCUT2D eigenvalue weighted by Crippen LogP contribution is 2.30. The van der Waals surface area contributed by atoms with Gasteiger partial charge in [0.2, 0.25) is 5.91 Å². The van der Waals surface area contributed by atoms with E-state index < -0.39 is 11.2 Å². The highest BCUT2D eigenvalue weighted by Gasteiger charge is 2.38. The predicted molar refractivity (Wildman–Crippen MR) is 67.4 cm³/mol. The third kappa shape index (κ3) is 2.68. The fraction of sp³-hybridized carbons (Fsp3) is 0.750. The van der Waals surface area contributed by atoms with Gasteiger partial charge in [0.05, 0.1) is 12.5 Å². The highest BCUT2D eigenvalue weighted by molar-refractivity contribution is 7.82. The molecule has 0 aromatic carbocycles. The largest absolute Gasteiger partial charge is 0.481 e. The molecule has 0 spiro atoms. The molecule has 6 heteroatoms. The number of aliphatic carboxylic acids is 1. The number of hydrogen-bond acceptors (Lipinski definition) is 4. The maximum Gasteiger partial charge on any atom is 0.306 e. The van der Waals surface area contributed by atoms with Gasteiger partial charge in [0.15, 0.2) is 5.78 Å². The van der Waals surface area contributed by atoms with Crippen molar-refractivity contribution in [2.75, 3.05) is 13.1 Å². The molecule has 1 unspecified atom stereocenters. The molecule has 1 N–H and O–H groups in total. The van der Waals surface area contributed by atoms with Gasteiger partial charge >= 0.3 is 5.97 Å².